The van der Waals surface area contributed by atoms with Gasteiger partial charge in [-0.1, -0.05) is 49.4 Å². The van der Waals surface area contributed by atoms with E-state index in [1.807, 2.05) is 31.2 Å². The second kappa shape index (κ2) is 13.9. The number of methoxy groups -OCH3 is 3. The van der Waals surface area contributed by atoms with Gasteiger partial charge in [-0.15, -0.1) is 0 Å². The summed E-state index contributed by atoms with van der Waals surface area (Å²) in [7, 11) is 4.15. The third-order valence-corrected chi connectivity index (χ3v) is 7.19. The van der Waals surface area contributed by atoms with Crippen LogP contribution in [0.1, 0.15) is 31.4 Å². The minimum Gasteiger partial charge on any atom is -0.755 e. The molecule has 0 radical (unpaired) electrons. The van der Waals surface area contributed by atoms with Crippen molar-refractivity contribution in [1.29, 1.82) is 0 Å². The summed E-state index contributed by atoms with van der Waals surface area (Å²) >= 11 is -2.69. The third-order valence-electron chi connectivity index (χ3n) is 6.49. The topological polar surface area (TPSA) is 126 Å². The van der Waals surface area contributed by atoms with Crippen LogP contribution in [0.25, 0.3) is 10.8 Å². The van der Waals surface area contributed by atoms with Crippen molar-refractivity contribution in [3.05, 3.63) is 84.4 Å². The molecule has 4 aromatic carbocycles. The molecule has 0 saturated carbocycles. The van der Waals surface area contributed by atoms with Crippen molar-refractivity contribution in [2.75, 3.05) is 31.0 Å². The number of nitrogens with zero attached hydrogens (tertiary/aromatic N) is 1. The standard InChI is InChI=1S/C31H32N2O8S/c1-5-9-28(34)41-30-25(12-8-13-27(30)38-2)32-24-18-19-26(23-11-7-6-10-22(23)24)33(42(36)37)21-16-14-20(15-17-21)29(39-3)31(35)40-4/h6-8,10-19,29,32H,5,9H2,1-4H3,(H,36,37)/p-1/t29-/m0/s1. The molecule has 4 aromatic rings. The van der Waals surface area contributed by atoms with Crippen LogP contribution in [0.3, 0.4) is 0 Å². The van der Waals surface area contributed by atoms with Crippen molar-refractivity contribution >= 4 is 56.7 Å². The summed E-state index contributed by atoms with van der Waals surface area (Å²) in [6.45, 7) is 1.89. The zero-order valence-corrected chi connectivity index (χ0v) is 24.4. The first kappa shape index (κ1) is 30.5. The number of hydrogen-bond acceptors (Lipinski definition) is 9. The van der Waals surface area contributed by atoms with Crippen molar-refractivity contribution in [2.45, 2.75) is 25.9 Å². The Kier molecular flexibility index (Phi) is 10.1. The molecule has 1 N–H and O–H groups in total. The van der Waals surface area contributed by atoms with Crippen molar-refractivity contribution in [2.24, 2.45) is 0 Å². The summed E-state index contributed by atoms with van der Waals surface area (Å²) in [6, 6.07) is 22.4. The lowest BCUT2D eigenvalue weighted by Gasteiger charge is -2.28. The summed E-state index contributed by atoms with van der Waals surface area (Å²) < 4.78 is 47.4. The number of carbonyl (C=O) groups excluding carboxylic acids is 2. The molecule has 0 aliphatic rings. The molecule has 1 unspecified atom stereocenters. The fraction of sp³-hybridized carbons (Fsp3) is 0.226. The van der Waals surface area contributed by atoms with Gasteiger partial charge in [0.15, 0.2) is 17.6 Å². The van der Waals surface area contributed by atoms with E-state index in [1.54, 1.807) is 54.6 Å². The van der Waals surface area contributed by atoms with Gasteiger partial charge in [0, 0.05) is 30.0 Å². The largest absolute Gasteiger partial charge is 0.755 e. The quantitative estimate of drug-likeness (QED) is 0.118. The highest BCUT2D eigenvalue weighted by Crippen LogP contribution is 2.41. The lowest BCUT2D eigenvalue weighted by molar-refractivity contribution is -0.152. The van der Waals surface area contributed by atoms with E-state index >= 15 is 0 Å². The van der Waals surface area contributed by atoms with Crippen molar-refractivity contribution in [3.8, 4) is 11.5 Å². The summed E-state index contributed by atoms with van der Waals surface area (Å²) in [5.41, 5.74) is 2.45. The number of fused-ring (bicyclic) bond motifs is 1. The van der Waals surface area contributed by atoms with Crippen LogP contribution in [0.15, 0.2) is 78.9 Å². The van der Waals surface area contributed by atoms with Gasteiger partial charge in [-0.25, -0.2) is 4.79 Å². The monoisotopic (exact) mass is 591 g/mol. The molecule has 10 nitrogen and oxygen atoms in total. The zero-order valence-electron chi connectivity index (χ0n) is 23.6. The average molecular weight is 592 g/mol. The fourth-order valence-electron chi connectivity index (χ4n) is 4.53. The second-order valence-electron chi connectivity index (χ2n) is 9.11. The first-order valence-corrected chi connectivity index (χ1v) is 14.1. The van der Waals surface area contributed by atoms with Gasteiger partial charge < -0.3 is 28.8 Å². The number of nitrogens with one attached hydrogen (secondary N) is 1. The van der Waals surface area contributed by atoms with Crippen LogP contribution in [0.5, 0.6) is 11.5 Å². The summed E-state index contributed by atoms with van der Waals surface area (Å²) in [6.07, 6.45) is -0.0433. The zero-order chi connectivity index (χ0) is 30.2. The van der Waals surface area contributed by atoms with E-state index < -0.39 is 23.3 Å². The molecular weight excluding hydrogens is 560 g/mol. The van der Waals surface area contributed by atoms with E-state index in [9.17, 15) is 18.4 Å². The normalized spacial score (nSPS) is 12.3. The fourth-order valence-corrected chi connectivity index (χ4v) is 5.14. The number of anilines is 4. The van der Waals surface area contributed by atoms with Gasteiger partial charge in [-0.3, -0.25) is 13.3 Å². The Morgan fingerprint density at radius 2 is 1.62 bits per heavy atom. The van der Waals surface area contributed by atoms with E-state index in [-0.39, 0.29) is 18.1 Å². The lowest BCUT2D eigenvalue weighted by atomic mass is 10.1. The number of rotatable bonds is 12. The van der Waals surface area contributed by atoms with Gasteiger partial charge >= 0.3 is 11.9 Å². The third kappa shape index (κ3) is 6.54. The van der Waals surface area contributed by atoms with E-state index in [4.69, 9.17) is 18.9 Å². The van der Waals surface area contributed by atoms with Crippen LogP contribution in [-0.4, -0.2) is 42.0 Å². The first-order valence-electron chi connectivity index (χ1n) is 13.1. The van der Waals surface area contributed by atoms with Crippen LogP contribution in [-0.2, 0) is 30.3 Å². The highest BCUT2D eigenvalue weighted by Gasteiger charge is 2.22. The van der Waals surface area contributed by atoms with Gasteiger partial charge in [0.2, 0.25) is 0 Å². The van der Waals surface area contributed by atoms with E-state index in [1.165, 1.54) is 25.6 Å². The molecule has 11 heteroatoms. The Bertz CT molecular complexity index is 1590. The maximum absolute atomic E-state index is 12.6. The number of esters is 2. The summed E-state index contributed by atoms with van der Waals surface area (Å²) in [5.74, 6) is -0.295. The Morgan fingerprint density at radius 1 is 0.905 bits per heavy atom. The lowest BCUT2D eigenvalue weighted by Crippen LogP contribution is -2.20. The molecular formula is C31H31N2O8S-. The molecule has 42 heavy (non-hydrogen) atoms. The van der Waals surface area contributed by atoms with Gasteiger partial charge in [-0.05, 0) is 48.4 Å². The van der Waals surface area contributed by atoms with Gasteiger partial charge in [0.1, 0.15) is 0 Å². The number of para-hydroxylation sites is 1. The minimum atomic E-state index is -2.69. The molecule has 220 valence electrons. The number of benzene rings is 4. The summed E-state index contributed by atoms with van der Waals surface area (Å²) in [4.78, 5) is 24.4. The first-order chi connectivity index (χ1) is 20.3. The highest BCUT2D eigenvalue weighted by molar-refractivity contribution is 7.81. The van der Waals surface area contributed by atoms with Gasteiger partial charge in [0.25, 0.3) is 0 Å². The smallest absolute Gasteiger partial charge is 0.339 e. The maximum atomic E-state index is 12.6. The van der Waals surface area contributed by atoms with Crippen LogP contribution >= 0.6 is 0 Å². The van der Waals surface area contributed by atoms with Crippen LogP contribution < -0.4 is 19.1 Å². The maximum Gasteiger partial charge on any atom is 0.339 e. The molecule has 0 aliphatic carbocycles. The van der Waals surface area contributed by atoms with E-state index in [2.05, 4.69) is 5.32 Å². The van der Waals surface area contributed by atoms with Crippen molar-refractivity contribution in [3.63, 3.8) is 0 Å². The Labute approximate surface area is 246 Å². The molecule has 0 amide bonds. The Hall–Kier alpha value is -4.45. The number of ether oxygens (including phenoxy) is 4. The van der Waals surface area contributed by atoms with Crippen LogP contribution in [0, 0.1) is 0 Å². The van der Waals surface area contributed by atoms with E-state index in [0.29, 0.717) is 45.9 Å². The van der Waals surface area contributed by atoms with Crippen LogP contribution in [0.4, 0.5) is 22.7 Å². The van der Waals surface area contributed by atoms with Gasteiger partial charge in [0.05, 0.1) is 42.5 Å². The Balaban J connectivity index is 1.75. The molecule has 0 saturated heterocycles. The molecule has 4 rings (SSSR count). The number of hydrogen-bond donors (Lipinski definition) is 1. The molecule has 0 bridgehead atoms. The minimum absolute atomic E-state index is 0.257. The SMILES string of the molecule is CCCC(=O)Oc1c(Nc2ccc(N(c3ccc([C@H](OC)C(=O)OC)cc3)S(=O)[O-])c3ccccc23)cccc1OC. The molecule has 2 atom stereocenters. The van der Waals surface area contributed by atoms with Gasteiger partial charge in [-0.2, -0.15) is 0 Å². The Morgan fingerprint density at radius 3 is 2.24 bits per heavy atom. The molecule has 0 aromatic heterocycles. The molecule has 0 spiro atoms. The molecule has 0 aliphatic heterocycles. The predicted molar refractivity (Wildman–Crippen MR) is 160 cm³/mol. The molecule has 0 fully saturated rings. The van der Waals surface area contributed by atoms with Crippen molar-refractivity contribution < 1.29 is 37.3 Å². The van der Waals surface area contributed by atoms with Crippen LogP contribution in [0.2, 0.25) is 0 Å². The number of carbonyl (C=O) groups is 2. The molecule has 0 heterocycles. The predicted octanol–water partition coefficient (Wildman–Crippen LogP) is 6.09. The summed E-state index contributed by atoms with van der Waals surface area (Å²) in [5, 5.41) is 4.70. The highest BCUT2D eigenvalue weighted by atomic mass is 32.2. The van der Waals surface area contributed by atoms with Crippen molar-refractivity contribution in [1.82, 2.24) is 0 Å². The van der Waals surface area contributed by atoms with E-state index in [0.717, 1.165) is 5.39 Å². The second-order valence-corrected chi connectivity index (χ2v) is 9.91. The average Bonchev–Trinajstić information content (AvgIpc) is 3.00.